The van der Waals surface area contributed by atoms with Crippen LogP contribution < -0.4 is 15.6 Å². The first kappa shape index (κ1) is 22.5. The second kappa shape index (κ2) is 9.86. The van der Waals surface area contributed by atoms with Crippen LogP contribution in [0.4, 0.5) is 13.2 Å². The highest BCUT2D eigenvalue weighted by Gasteiger charge is 2.15. The molecule has 33 heavy (non-hydrogen) atoms. The van der Waals surface area contributed by atoms with Crippen LogP contribution in [0, 0.1) is 5.82 Å². The van der Waals surface area contributed by atoms with E-state index in [0.29, 0.717) is 34.3 Å². The average molecular weight is 473 g/mol. The van der Waals surface area contributed by atoms with Crippen LogP contribution in [0.5, 0.6) is 5.75 Å². The molecule has 0 radical (unpaired) electrons. The highest BCUT2D eigenvalue weighted by atomic mass is 32.1. The van der Waals surface area contributed by atoms with Crippen LogP contribution in [0.3, 0.4) is 0 Å². The Morgan fingerprint density at radius 2 is 1.85 bits per heavy atom. The Morgan fingerprint density at radius 1 is 1.12 bits per heavy atom. The smallest absolute Gasteiger partial charge is 0.387 e. The van der Waals surface area contributed by atoms with Gasteiger partial charge in [-0.25, -0.2) is 9.37 Å². The number of rotatable bonds is 8. The molecule has 6 nitrogen and oxygen atoms in total. The van der Waals surface area contributed by atoms with Gasteiger partial charge in [0.05, 0.1) is 11.7 Å². The summed E-state index contributed by atoms with van der Waals surface area (Å²) in [6.45, 7) is -2.78. The van der Waals surface area contributed by atoms with E-state index in [4.69, 9.17) is 0 Å². The number of carbonyl (C=O) groups is 1. The number of fused-ring (bicyclic) bond motifs is 1. The summed E-state index contributed by atoms with van der Waals surface area (Å²) in [4.78, 5) is 30.2. The molecule has 2 aromatic heterocycles. The lowest BCUT2D eigenvalue weighted by Crippen LogP contribution is -2.33. The van der Waals surface area contributed by atoms with E-state index in [2.05, 4.69) is 15.0 Å². The summed E-state index contributed by atoms with van der Waals surface area (Å²) in [5, 5.41) is 4.90. The zero-order chi connectivity index (χ0) is 23.4. The molecule has 1 amide bonds. The molecule has 0 spiro atoms. The first-order valence-corrected chi connectivity index (χ1v) is 10.8. The number of hydrogen-bond donors (Lipinski definition) is 1. The quantitative estimate of drug-likeness (QED) is 0.416. The zero-order valence-electron chi connectivity index (χ0n) is 17.1. The fourth-order valence-corrected chi connectivity index (χ4v) is 4.22. The van der Waals surface area contributed by atoms with Gasteiger partial charge in [0.2, 0.25) is 5.91 Å². The number of nitrogens with one attached hydrogen (secondary N) is 1. The van der Waals surface area contributed by atoms with E-state index in [1.54, 1.807) is 29.6 Å². The zero-order valence-corrected chi connectivity index (χ0v) is 17.9. The largest absolute Gasteiger partial charge is 0.435 e. The van der Waals surface area contributed by atoms with Crippen LogP contribution in [0.1, 0.15) is 5.56 Å². The highest BCUT2D eigenvalue weighted by molar-refractivity contribution is 7.17. The van der Waals surface area contributed by atoms with Gasteiger partial charge in [0.15, 0.2) is 0 Å². The molecule has 0 saturated carbocycles. The number of ether oxygens (including phenoxy) is 1. The second-order valence-electron chi connectivity index (χ2n) is 7.14. The van der Waals surface area contributed by atoms with Crippen molar-refractivity contribution in [2.24, 2.45) is 0 Å². The number of nitrogens with zero attached hydrogens (tertiary/aromatic N) is 2. The van der Waals surface area contributed by atoms with Gasteiger partial charge in [0.25, 0.3) is 5.56 Å². The number of carbonyl (C=O) groups excluding carboxylic acids is 1. The van der Waals surface area contributed by atoms with Gasteiger partial charge in [0.1, 0.15) is 22.9 Å². The molecule has 0 aliphatic heterocycles. The molecule has 0 bridgehead atoms. The fraction of sp³-hybridized carbons (Fsp3) is 0.174. The molecule has 0 fully saturated rings. The number of amides is 1. The topological polar surface area (TPSA) is 73.2 Å². The Balaban J connectivity index is 1.40. The van der Waals surface area contributed by atoms with Crippen LogP contribution in [0.25, 0.3) is 21.3 Å². The third-order valence-corrected chi connectivity index (χ3v) is 5.80. The summed E-state index contributed by atoms with van der Waals surface area (Å²) >= 11 is 1.30. The summed E-state index contributed by atoms with van der Waals surface area (Å²) in [7, 11) is 0. The van der Waals surface area contributed by atoms with Crippen LogP contribution in [0.15, 0.2) is 65.0 Å². The fourth-order valence-electron chi connectivity index (χ4n) is 3.32. The predicted molar refractivity (Wildman–Crippen MR) is 119 cm³/mol. The van der Waals surface area contributed by atoms with Crippen molar-refractivity contribution in [1.29, 1.82) is 0 Å². The number of thiophene rings is 1. The van der Waals surface area contributed by atoms with Crippen LogP contribution >= 0.6 is 11.3 Å². The summed E-state index contributed by atoms with van der Waals surface area (Å²) in [5.74, 6) is -0.675. The molecular formula is C23H18F3N3O3S. The lowest BCUT2D eigenvalue weighted by atomic mass is 10.1. The number of halogens is 3. The molecule has 0 aliphatic carbocycles. The Labute approximate surface area is 190 Å². The molecule has 4 rings (SSSR count). The molecule has 0 unspecified atom stereocenters. The van der Waals surface area contributed by atoms with Gasteiger partial charge < -0.3 is 10.1 Å². The Hall–Kier alpha value is -3.66. The molecule has 4 aromatic rings. The van der Waals surface area contributed by atoms with E-state index in [0.717, 1.165) is 5.56 Å². The molecule has 0 aliphatic rings. The number of aromatic nitrogens is 2. The maximum absolute atomic E-state index is 13.2. The van der Waals surface area contributed by atoms with E-state index in [1.807, 2.05) is 0 Å². The van der Waals surface area contributed by atoms with Crippen molar-refractivity contribution in [3.05, 3.63) is 82.0 Å². The van der Waals surface area contributed by atoms with Gasteiger partial charge in [-0.2, -0.15) is 8.78 Å². The van der Waals surface area contributed by atoms with Crippen molar-refractivity contribution >= 4 is 27.5 Å². The molecule has 10 heteroatoms. The van der Waals surface area contributed by atoms with Gasteiger partial charge in [-0.3, -0.25) is 14.2 Å². The minimum absolute atomic E-state index is 0.0634. The minimum Gasteiger partial charge on any atom is -0.435 e. The molecular weight excluding hydrogens is 455 g/mol. The third kappa shape index (κ3) is 5.40. The maximum Gasteiger partial charge on any atom is 0.387 e. The normalized spacial score (nSPS) is 11.2. The Kier molecular flexibility index (Phi) is 6.74. The summed E-state index contributed by atoms with van der Waals surface area (Å²) < 4.78 is 43.2. The average Bonchev–Trinajstić information content (AvgIpc) is 3.22. The van der Waals surface area contributed by atoms with Crippen molar-refractivity contribution in [2.45, 2.75) is 19.6 Å². The summed E-state index contributed by atoms with van der Waals surface area (Å²) in [6.07, 6.45) is 1.81. The van der Waals surface area contributed by atoms with E-state index < -0.39 is 6.61 Å². The van der Waals surface area contributed by atoms with Crippen LogP contribution in [-0.2, 0) is 17.8 Å². The third-order valence-electron chi connectivity index (χ3n) is 4.91. The first-order chi connectivity index (χ1) is 15.9. The molecule has 0 atom stereocenters. The Morgan fingerprint density at radius 3 is 2.55 bits per heavy atom. The van der Waals surface area contributed by atoms with Gasteiger partial charge in [-0.05, 0) is 41.8 Å². The lowest BCUT2D eigenvalue weighted by molar-refractivity contribution is -0.121. The maximum atomic E-state index is 13.2. The predicted octanol–water partition coefficient (Wildman–Crippen LogP) is 4.22. The summed E-state index contributed by atoms with van der Waals surface area (Å²) in [6, 6.07) is 12.0. The van der Waals surface area contributed by atoms with Gasteiger partial charge in [-0.15, -0.1) is 11.3 Å². The molecule has 2 aromatic carbocycles. The summed E-state index contributed by atoms with van der Waals surface area (Å²) in [5.41, 5.74) is 1.81. The molecule has 1 N–H and O–H groups in total. The molecule has 170 valence electrons. The monoisotopic (exact) mass is 473 g/mol. The van der Waals surface area contributed by atoms with E-state index in [9.17, 15) is 22.8 Å². The van der Waals surface area contributed by atoms with Gasteiger partial charge in [-0.1, -0.05) is 24.3 Å². The number of alkyl halides is 2. The first-order valence-electron chi connectivity index (χ1n) is 9.94. The molecule has 0 saturated heterocycles. The lowest BCUT2D eigenvalue weighted by Gasteiger charge is -2.09. The van der Waals surface area contributed by atoms with Crippen molar-refractivity contribution in [1.82, 2.24) is 14.9 Å². The van der Waals surface area contributed by atoms with E-state index >= 15 is 0 Å². The minimum atomic E-state index is -2.88. The van der Waals surface area contributed by atoms with Crippen LogP contribution in [-0.4, -0.2) is 28.6 Å². The highest BCUT2D eigenvalue weighted by Crippen LogP contribution is 2.30. The number of hydrogen-bond acceptors (Lipinski definition) is 5. The standard InChI is InChI=1S/C23H18F3N3O3S/c24-16-5-3-15(4-6-16)18-12-33-21-20(18)22(31)29(13-28-21)11-19(30)27-10-9-14-1-7-17(8-2-14)32-23(25)26/h1-8,12-13,23H,9-11H2,(H,27,30). The van der Waals surface area contributed by atoms with E-state index in [-0.39, 0.29) is 29.6 Å². The van der Waals surface area contributed by atoms with Gasteiger partial charge in [0, 0.05) is 17.5 Å². The van der Waals surface area contributed by atoms with Crippen molar-refractivity contribution in [2.75, 3.05) is 6.54 Å². The SMILES string of the molecule is O=C(Cn1cnc2scc(-c3ccc(F)cc3)c2c1=O)NCCc1ccc(OC(F)F)cc1. The Bertz CT molecular complexity index is 1320. The van der Waals surface area contributed by atoms with Crippen LogP contribution in [0.2, 0.25) is 0 Å². The van der Waals surface area contributed by atoms with E-state index in [1.165, 1.54) is 46.5 Å². The second-order valence-corrected chi connectivity index (χ2v) is 7.99. The van der Waals surface area contributed by atoms with Crippen molar-refractivity contribution in [3.8, 4) is 16.9 Å². The number of benzene rings is 2. The molecule has 2 heterocycles. The van der Waals surface area contributed by atoms with Crippen molar-refractivity contribution < 1.29 is 22.7 Å². The van der Waals surface area contributed by atoms with Gasteiger partial charge >= 0.3 is 6.61 Å². The van der Waals surface area contributed by atoms with Crippen molar-refractivity contribution in [3.63, 3.8) is 0 Å².